The lowest BCUT2D eigenvalue weighted by molar-refractivity contribution is 0.518. The molecule has 0 fully saturated rings. The molecule has 0 aromatic rings. The van der Waals surface area contributed by atoms with E-state index in [0.29, 0.717) is 12.1 Å². The predicted molar refractivity (Wildman–Crippen MR) is 60.9 cm³/mol. The molecule has 1 N–H and O–H groups in total. The van der Waals surface area contributed by atoms with E-state index in [9.17, 15) is 0 Å². The van der Waals surface area contributed by atoms with Gasteiger partial charge in [0.25, 0.3) is 0 Å². The summed E-state index contributed by atoms with van der Waals surface area (Å²) in [4.78, 5) is 0. The highest BCUT2D eigenvalue weighted by Crippen LogP contribution is 1.80. The summed E-state index contributed by atoms with van der Waals surface area (Å²) < 4.78 is 0. The standard InChI is InChI=1S/C6H15N.C2H7P.ClH/c1-5(2)7-6(3)4;1-2-3;/h5-7H,1-4H3;2-3H2,1H3;1H. The zero-order valence-electron chi connectivity index (χ0n) is 8.35. The molecule has 0 saturated carbocycles. The fourth-order valence-electron chi connectivity index (χ4n) is 0.667. The summed E-state index contributed by atoms with van der Waals surface area (Å²) in [7, 11) is 2.58. The molecular formula is C8H23ClNP. The molecule has 0 amide bonds. The van der Waals surface area contributed by atoms with Gasteiger partial charge in [0.15, 0.2) is 0 Å². The van der Waals surface area contributed by atoms with Crippen LogP contribution in [0.3, 0.4) is 0 Å². The third-order valence-corrected chi connectivity index (χ3v) is 0.667. The lowest BCUT2D eigenvalue weighted by atomic mass is 10.3. The van der Waals surface area contributed by atoms with Crippen LogP contribution in [-0.4, -0.2) is 18.2 Å². The number of halogens is 1. The molecule has 1 unspecified atom stereocenters. The fourth-order valence-corrected chi connectivity index (χ4v) is 0.667. The average Bonchev–Trinajstić information content (AvgIpc) is 1.62. The van der Waals surface area contributed by atoms with Crippen LogP contribution >= 0.6 is 21.6 Å². The maximum Gasteiger partial charge on any atom is 0.00127 e. The summed E-state index contributed by atoms with van der Waals surface area (Å²) in [6.07, 6.45) is 1.17. The van der Waals surface area contributed by atoms with Crippen LogP contribution in [0.15, 0.2) is 0 Å². The first-order valence-electron chi connectivity index (χ1n) is 4.00. The van der Waals surface area contributed by atoms with E-state index in [0.717, 1.165) is 0 Å². The highest BCUT2D eigenvalue weighted by molar-refractivity contribution is 7.16. The van der Waals surface area contributed by atoms with Gasteiger partial charge in [0.2, 0.25) is 0 Å². The molecule has 1 atom stereocenters. The highest BCUT2D eigenvalue weighted by atomic mass is 35.5. The van der Waals surface area contributed by atoms with Gasteiger partial charge in [0, 0.05) is 12.1 Å². The van der Waals surface area contributed by atoms with Crippen molar-refractivity contribution in [3.63, 3.8) is 0 Å². The Balaban J connectivity index is -0.000000140. The van der Waals surface area contributed by atoms with Crippen LogP contribution in [0.4, 0.5) is 0 Å². The Morgan fingerprint density at radius 1 is 1.09 bits per heavy atom. The third kappa shape index (κ3) is 36.7. The minimum absolute atomic E-state index is 0. The molecule has 11 heavy (non-hydrogen) atoms. The maximum atomic E-state index is 3.31. The molecule has 1 nitrogen and oxygen atoms in total. The van der Waals surface area contributed by atoms with E-state index in [1.54, 1.807) is 0 Å². The topological polar surface area (TPSA) is 12.0 Å². The molecule has 3 heteroatoms. The first kappa shape index (κ1) is 17.7. The molecular weight excluding hydrogens is 177 g/mol. The van der Waals surface area contributed by atoms with E-state index in [4.69, 9.17) is 0 Å². The Morgan fingerprint density at radius 2 is 1.27 bits per heavy atom. The third-order valence-electron chi connectivity index (χ3n) is 0.667. The highest BCUT2D eigenvalue weighted by Gasteiger charge is 1.92. The van der Waals surface area contributed by atoms with Crippen molar-refractivity contribution in [1.29, 1.82) is 0 Å². The van der Waals surface area contributed by atoms with Crippen molar-refractivity contribution in [2.45, 2.75) is 46.7 Å². The van der Waals surface area contributed by atoms with Gasteiger partial charge in [-0.05, 0) is 6.16 Å². The molecule has 0 saturated heterocycles. The van der Waals surface area contributed by atoms with Gasteiger partial charge in [0.05, 0.1) is 0 Å². The lowest BCUT2D eigenvalue weighted by Gasteiger charge is -2.10. The smallest absolute Gasteiger partial charge is 0.00127 e. The van der Waals surface area contributed by atoms with Crippen LogP contribution in [-0.2, 0) is 0 Å². The zero-order chi connectivity index (χ0) is 8.57. The summed E-state index contributed by atoms with van der Waals surface area (Å²) in [5.41, 5.74) is 0. The summed E-state index contributed by atoms with van der Waals surface area (Å²) in [5, 5.41) is 3.31. The second-order valence-electron chi connectivity index (χ2n) is 2.88. The van der Waals surface area contributed by atoms with Crippen LogP contribution in [0, 0.1) is 0 Å². The van der Waals surface area contributed by atoms with E-state index < -0.39 is 0 Å². The van der Waals surface area contributed by atoms with Crippen LogP contribution in [0.2, 0.25) is 0 Å². The average molecular weight is 200 g/mol. The Hall–Kier alpha value is 0.680. The molecule has 0 aliphatic carbocycles. The van der Waals surface area contributed by atoms with Gasteiger partial charge in [-0.1, -0.05) is 34.6 Å². The van der Waals surface area contributed by atoms with Crippen molar-refractivity contribution < 1.29 is 0 Å². The Bertz CT molecular complexity index is 52.1. The van der Waals surface area contributed by atoms with Crippen molar-refractivity contribution >= 4 is 21.6 Å². The van der Waals surface area contributed by atoms with Crippen LogP contribution in [0.25, 0.3) is 0 Å². The van der Waals surface area contributed by atoms with Crippen LogP contribution < -0.4 is 5.32 Å². The van der Waals surface area contributed by atoms with Crippen molar-refractivity contribution in [2.75, 3.05) is 6.16 Å². The minimum Gasteiger partial charge on any atom is -0.312 e. The Labute approximate surface area is 80.3 Å². The normalized spacial score (nSPS) is 8.73. The number of hydrogen-bond donors (Lipinski definition) is 1. The van der Waals surface area contributed by atoms with E-state index >= 15 is 0 Å². The van der Waals surface area contributed by atoms with Gasteiger partial charge in [-0.3, -0.25) is 0 Å². The molecule has 72 valence electrons. The van der Waals surface area contributed by atoms with Gasteiger partial charge in [0.1, 0.15) is 0 Å². The van der Waals surface area contributed by atoms with Gasteiger partial charge in [-0.15, -0.1) is 21.6 Å². The molecule has 0 aromatic heterocycles. The van der Waals surface area contributed by atoms with Crippen molar-refractivity contribution in [3.8, 4) is 0 Å². The Kier molecular flexibility index (Phi) is 21.4. The van der Waals surface area contributed by atoms with Gasteiger partial charge >= 0.3 is 0 Å². The fraction of sp³-hybridized carbons (Fsp3) is 1.00. The van der Waals surface area contributed by atoms with E-state index in [1.165, 1.54) is 6.16 Å². The molecule has 0 aliphatic heterocycles. The number of nitrogens with one attached hydrogen (secondary N) is 1. The van der Waals surface area contributed by atoms with Crippen LogP contribution in [0.1, 0.15) is 34.6 Å². The summed E-state index contributed by atoms with van der Waals surface area (Å²) in [5.74, 6) is 0. The van der Waals surface area contributed by atoms with Crippen LogP contribution in [0.5, 0.6) is 0 Å². The molecule has 0 aromatic carbocycles. The zero-order valence-corrected chi connectivity index (χ0v) is 10.3. The van der Waals surface area contributed by atoms with Crippen molar-refractivity contribution in [1.82, 2.24) is 5.32 Å². The number of rotatable bonds is 2. The second kappa shape index (κ2) is 13.3. The maximum absolute atomic E-state index is 3.31. The summed E-state index contributed by atoms with van der Waals surface area (Å²) in [6.45, 7) is 10.7. The SMILES string of the molecule is CC(C)NC(C)C.CCP.Cl. The molecule has 0 aliphatic rings. The molecule has 0 rings (SSSR count). The lowest BCUT2D eigenvalue weighted by Crippen LogP contribution is -2.29. The van der Waals surface area contributed by atoms with Crippen molar-refractivity contribution in [3.05, 3.63) is 0 Å². The largest absolute Gasteiger partial charge is 0.312 e. The quantitative estimate of drug-likeness (QED) is 0.675. The van der Waals surface area contributed by atoms with E-state index in [-0.39, 0.29) is 12.4 Å². The molecule has 0 bridgehead atoms. The molecule has 0 spiro atoms. The van der Waals surface area contributed by atoms with E-state index in [2.05, 4.69) is 49.2 Å². The summed E-state index contributed by atoms with van der Waals surface area (Å²) in [6, 6.07) is 1.25. The minimum atomic E-state index is 0. The monoisotopic (exact) mass is 199 g/mol. The van der Waals surface area contributed by atoms with Crippen molar-refractivity contribution in [2.24, 2.45) is 0 Å². The second-order valence-corrected chi connectivity index (χ2v) is 3.70. The molecule has 0 heterocycles. The van der Waals surface area contributed by atoms with Gasteiger partial charge in [-0.2, -0.15) is 0 Å². The first-order chi connectivity index (χ1) is 4.54. The van der Waals surface area contributed by atoms with E-state index in [1.807, 2.05) is 0 Å². The Morgan fingerprint density at radius 3 is 1.27 bits per heavy atom. The van der Waals surface area contributed by atoms with Gasteiger partial charge in [-0.25, -0.2) is 0 Å². The first-order valence-corrected chi connectivity index (χ1v) is 4.82. The number of hydrogen-bond acceptors (Lipinski definition) is 1. The van der Waals surface area contributed by atoms with Gasteiger partial charge < -0.3 is 5.32 Å². The summed E-state index contributed by atoms with van der Waals surface area (Å²) >= 11 is 0. The molecule has 0 radical (unpaired) electrons. The predicted octanol–water partition coefficient (Wildman–Crippen LogP) is 2.70.